The predicted octanol–water partition coefficient (Wildman–Crippen LogP) is 4.48. The Morgan fingerprint density at radius 2 is 1.61 bits per heavy atom. The summed E-state index contributed by atoms with van der Waals surface area (Å²) in [5.41, 5.74) is 1.94. The molecule has 33 heavy (non-hydrogen) atoms. The minimum atomic E-state index is -0.394. The summed E-state index contributed by atoms with van der Waals surface area (Å²) in [4.78, 5) is 25.4. The normalized spacial score (nSPS) is 10.2. The fourth-order valence-electron chi connectivity index (χ4n) is 2.93. The van der Waals surface area contributed by atoms with Gasteiger partial charge in [-0.2, -0.15) is 0 Å². The van der Waals surface area contributed by atoms with Gasteiger partial charge in [0.2, 0.25) is 0 Å². The van der Waals surface area contributed by atoms with E-state index in [1.165, 1.54) is 0 Å². The fraction of sp³-hybridized carbons (Fsp3) is 0.160. The van der Waals surface area contributed by atoms with Crippen LogP contribution in [0.1, 0.15) is 27.6 Å². The molecule has 0 aliphatic rings. The number of hydrogen-bond acceptors (Lipinski definition) is 5. The van der Waals surface area contributed by atoms with Crippen molar-refractivity contribution in [1.29, 1.82) is 0 Å². The van der Waals surface area contributed by atoms with Crippen molar-refractivity contribution in [2.24, 2.45) is 0 Å². The fourth-order valence-corrected chi connectivity index (χ4v) is 3.13. The summed E-state index contributed by atoms with van der Waals surface area (Å²) in [5, 5.41) is 8.47. The van der Waals surface area contributed by atoms with Gasteiger partial charge in [-0.15, -0.1) is 0 Å². The van der Waals surface area contributed by atoms with E-state index < -0.39 is 5.91 Å². The summed E-state index contributed by atoms with van der Waals surface area (Å²) >= 11 is 5.30. The van der Waals surface area contributed by atoms with E-state index in [9.17, 15) is 9.59 Å². The minimum Gasteiger partial charge on any atom is -0.491 e. The molecule has 8 heteroatoms. The number of thiocarbonyl (C=S) groups is 1. The van der Waals surface area contributed by atoms with Gasteiger partial charge >= 0.3 is 0 Å². The Morgan fingerprint density at radius 1 is 0.848 bits per heavy atom. The quantitative estimate of drug-likeness (QED) is 0.320. The molecule has 3 rings (SSSR count). The Hall–Kier alpha value is -3.75. The van der Waals surface area contributed by atoms with Crippen LogP contribution in [-0.4, -0.2) is 36.7 Å². The minimum absolute atomic E-state index is 0.0719. The van der Waals surface area contributed by atoms with Crippen LogP contribution in [0.3, 0.4) is 0 Å². The van der Waals surface area contributed by atoms with E-state index in [4.69, 9.17) is 21.7 Å². The van der Waals surface area contributed by atoms with E-state index >= 15 is 0 Å². The van der Waals surface area contributed by atoms with Crippen LogP contribution >= 0.6 is 12.2 Å². The average Bonchev–Trinajstić information content (AvgIpc) is 2.83. The largest absolute Gasteiger partial charge is 0.491 e. The highest BCUT2D eigenvalue weighted by Gasteiger charge is 2.14. The summed E-state index contributed by atoms with van der Waals surface area (Å²) in [7, 11) is 0. The van der Waals surface area contributed by atoms with Crippen molar-refractivity contribution < 1.29 is 19.1 Å². The number of carbonyl (C=O) groups excluding carboxylic acids is 2. The van der Waals surface area contributed by atoms with E-state index in [0.717, 1.165) is 0 Å². The summed E-state index contributed by atoms with van der Waals surface area (Å²) in [5.74, 6) is -0.131. The van der Waals surface area contributed by atoms with Crippen molar-refractivity contribution in [3.05, 3.63) is 90.0 Å². The molecule has 0 unspecified atom stereocenters. The monoisotopic (exact) mass is 463 g/mol. The molecule has 3 N–H and O–H groups in total. The summed E-state index contributed by atoms with van der Waals surface area (Å²) in [6.45, 7) is 3.39. The molecule has 0 atom stereocenters. The van der Waals surface area contributed by atoms with Gasteiger partial charge in [0, 0.05) is 17.9 Å². The zero-order valence-electron chi connectivity index (χ0n) is 18.2. The number of benzene rings is 3. The van der Waals surface area contributed by atoms with Crippen molar-refractivity contribution in [3.8, 4) is 5.75 Å². The first kappa shape index (κ1) is 23.9. The second-order valence-corrected chi connectivity index (χ2v) is 7.26. The highest BCUT2D eigenvalue weighted by Crippen LogP contribution is 2.18. The molecule has 0 fully saturated rings. The summed E-state index contributed by atoms with van der Waals surface area (Å²) in [6.07, 6.45) is 0. The third kappa shape index (κ3) is 7.41. The Kier molecular flexibility index (Phi) is 8.93. The summed E-state index contributed by atoms with van der Waals surface area (Å²) < 4.78 is 10.8. The lowest BCUT2D eigenvalue weighted by molar-refractivity contribution is 0.0975. The highest BCUT2D eigenvalue weighted by atomic mass is 32.1. The first-order valence-corrected chi connectivity index (χ1v) is 10.9. The molecule has 0 saturated carbocycles. The van der Waals surface area contributed by atoms with Crippen LogP contribution in [0.2, 0.25) is 0 Å². The molecule has 0 radical (unpaired) electrons. The zero-order valence-corrected chi connectivity index (χ0v) is 19.0. The van der Waals surface area contributed by atoms with Gasteiger partial charge in [0.25, 0.3) is 11.8 Å². The van der Waals surface area contributed by atoms with E-state index in [-0.39, 0.29) is 11.0 Å². The number of para-hydroxylation sites is 2. The maximum absolute atomic E-state index is 12.7. The van der Waals surface area contributed by atoms with E-state index in [1.807, 2.05) is 25.1 Å². The number of ether oxygens (including phenoxy) is 2. The van der Waals surface area contributed by atoms with Crippen molar-refractivity contribution in [1.82, 2.24) is 5.32 Å². The average molecular weight is 464 g/mol. The zero-order chi connectivity index (χ0) is 23.5. The van der Waals surface area contributed by atoms with Gasteiger partial charge in [0.1, 0.15) is 12.4 Å². The predicted molar refractivity (Wildman–Crippen MR) is 133 cm³/mol. The van der Waals surface area contributed by atoms with Gasteiger partial charge in [-0.1, -0.05) is 36.4 Å². The molecule has 0 aliphatic heterocycles. The lowest BCUT2D eigenvalue weighted by Crippen LogP contribution is -2.34. The van der Waals surface area contributed by atoms with Crippen LogP contribution in [-0.2, 0) is 4.74 Å². The molecule has 0 aromatic heterocycles. The molecule has 3 aromatic carbocycles. The van der Waals surface area contributed by atoms with Gasteiger partial charge in [-0.25, -0.2) is 0 Å². The first-order chi connectivity index (χ1) is 16.1. The van der Waals surface area contributed by atoms with E-state index in [2.05, 4.69) is 16.0 Å². The van der Waals surface area contributed by atoms with Gasteiger partial charge < -0.3 is 20.1 Å². The molecule has 0 spiro atoms. The standard InChI is InChI=1S/C25H25N3O4S/c1-2-31-15-16-32-20-12-8-9-18(17-20)23(29)28-25(33)27-22-14-7-6-13-21(22)24(30)26-19-10-4-3-5-11-19/h3-14,17H,2,15-16H2,1H3,(H,26,30)(H2,27,28,29,33). The van der Waals surface area contributed by atoms with Crippen LogP contribution < -0.4 is 20.7 Å². The second-order valence-electron chi connectivity index (χ2n) is 6.85. The van der Waals surface area contributed by atoms with Crippen molar-refractivity contribution in [2.45, 2.75) is 6.92 Å². The van der Waals surface area contributed by atoms with Crippen LogP contribution in [0.4, 0.5) is 11.4 Å². The smallest absolute Gasteiger partial charge is 0.257 e. The Bertz CT molecular complexity index is 1110. The maximum Gasteiger partial charge on any atom is 0.257 e. The number of amides is 2. The molecule has 0 aliphatic carbocycles. The number of hydrogen-bond donors (Lipinski definition) is 3. The summed E-state index contributed by atoms with van der Waals surface area (Å²) in [6, 6.07) is 22.8. The molecule has 170 valence electrons. The van der Waals surface area contributed by atoms with Gasteiger partial charge in [0.15, 0.2) is 5.11 Å². The lowest BCUT2D eigenvalue weighted by Gasteiger charge is -2.14. The van der Waals surface area contributed by atoms with Crippen molar-refractivity contribution >= 4 is 40.5 Å². The lowest BCUT2D eigenvalue weighted by atomic mass is 10.1. The molecule has 0 heterocycles. The molecule has 7 nitrogen and oxygen atoms in total. The molecular weight excluding hydrogens is 438 g/mol. The number of carbonyl (C=O) groups is 2. The van der Waals surface area contributed by atoms with Crippen molar-refractivity contribution in [2.75, 3.05) is 30.5 Å². The van der Waals surface area contributed by atoms with Crippen LogP contribution in [0.25, 0.3) is 0 Å². The van der Waals surface area contributed by atoms with Gasteiger partial charge in [0.05, 0.1) is 17.9 Å². The second kappa shape index (κ2) is 12.3. The number of nitrogens with one attached hydrogen (secondary N) is 3. The Morgan fingerprint density at radius 3 is 2.39 bits per heavy atom. The molecule has 3 aromatic rings. The Balaban J connectivity index is 1.61. The van der Waals surface area contributed by atoms with E-state index in [0.29, 0.717) is 48.1 Å². The topological polar surface area (TPSA) is 88.7 Å². The third-order valence-electron chi connectivity index (χ3n) is 4.48. The van der Waals surface area contributed by atoms with Gasteiger partial charge in [-0.3, -0.25) is 14.9 Å². The highest BCUT2D eigenvalue weighted by molar-refractivity contribution is 7.80. The Labute approximate surface area is 198 Å². The van der Waals surface area contributed by atoms with Gasteiger partial charge in [-0.05, 0) is 61.6 Å². The van der Waals surface area contributed by atoms with Crippen molar-refractivity contribution in [3.63, 3.8) is 0 Å². The van der Waals surface area contributed by atoms with Crippen LogP contribution in [0, 0.1) is 0 Å². The SMILES string of the molecule is CCOCCOc1cccc(C(=O)NC(=S)Nc2ccccc2C(=O)Nc2ccccc2)c1. The first-order valence-electron chi connectivity index (χ1n) is 10.4. The van der Waals surface area contributed by atoms with Crippen LogP contribution in [0.5, 0.6) is 5.75 Å². The maximum atomic E-state index is 12.7. The molecule has 2 amide bonds. The molecular formula is C25H25N3O4S. The number of rotatable bonds is 9. The molecule has 0 bridgehead atoms. The third-order valence-corrected chi connectivity index (χ3v) is 4.68. The molecule has 0 saturated heterocycles. The van der Waals surface area contributed by atoms with E-state index in [1.54, 1.807) is 60.7 Å². The number of anilines is 2. The van der Waals surface area contributed by atoms with Crippen LogP contribution in [0.15, 0.2) is 78.9 Å².